The average Bonchev–Trinajstić information content (AvgIpc) is 3.10. The van der Waals surface area contributed by atoms with Gasteiger partial charge in [0.1, 0.15) is 5.82 Å². The van der Waals surface area contributed by atoms with E-state index in [4.69, 9.17) is 23.8 Å². The van der Waals surface area contributed by atoms with E-state index in [0.29, 0.717) is 10.7 Å². The number of nitrogens with one attached hydrogen (secondary N) is 1. The third-order valence-corrected chi connectivity index (χ3v) is 3.55. The molecular formula is C12H12ClN3S. The van der Waals surface area contributed by atoms with E-state index in [1.54, 1.807) is 0 Å². The molecule has 1 aliphatic carbocycles. The maximum absolute atomic E-state index is 5.87. The van der Waals surface area contributed by atoms with Gasteiger partial charge in [0.15, 0.2) is 4.77 Å². The summed E-state index contributed by atoms with van der Waals surface area (Å²) in [6.45, 7) is 0.762. The third kappa shape index (κ3) is 2.28. The third-order valence-electron chi connectivity index (χ3n) is 2.98. The Morgan fingerprint density at radius 2 is 2.06 bits per heavy atom. The second-order valence-corrected chi connectivity index (χ2v) is 5.20. The number of benzene rings is 1. The number of rotatable bonds is 3. The van der Waals surface area contributed by atoms with Gasteiger partial charge in [-0.25, -0.2) is 0 Å². The van der Waals surface area contributed by atoms with Crippen LogP contribution < -0.4 is 0 Å². The first-order valence-electron chi connectivity index (χ1n) is 5.63. The molecule has 2 aromatic rings. The Morgan fingerprint density at radius 3 is 2.71 bits per heavy atom. The van der Waals surface area contributed by atoms with Crippen molar-refractivity contribution in [2.45, 2.75) is 25.3 Å². The number of H-pyrrole nitrogens is 1. The molecule has 0 radical (unpaired) electrons. The zero-order valence-electron chi connectivity index (χ0n) is 9.19. The number of hydrogen-bond donors (Lipinski definition) is 1. The SMILES string of the molecule is S=c1[nH]nc(C2CC2)n1Cc1ccc(Cl)cc1. The lowest BCUT2D eigenvalue weighted by molar-refractivity contribution is 0.719. The number of nitrogens with zero attached hydrogens (tertiary/aromatic N) is 2. The van der Waals surface area contributed by atoms with Crippen molar-refractivity contribution in [3.63, 3.8) is 0 Å². The van der Waals surface area contributed by atoms with E-state index in [9.17, 15) is 0 Å². The summed E-state index contributed by atoms with van der Waals surface area (Å²) in [6, 6.07) is 7.84. The van der Waals surface area contributed by atoms with Crippen molar-refractivity contribution in [2.24, 2.45) is 0 Å². The van der Waals surface area contributed by atoms with E-state index < -0.39 is 0 Å². The molecule has 1 aliphatic rings. The minimum Gasteiger partial charge on any atom is -0.299 e. The number of aromatic nitrogens is 3. The lowest BCUT2D eigenvalue weighted by Crippen LogP contribution is -2.04. The maximum Gasteiger partial charge on any atom is 0.195 e. The van der Waals surface area contributed by atoms with Crippen LogP contribution in [-0.2, 0) is 6.54 Å². The van der Waals surface area contributed by atoms with Gasteiger partial charge in [-0.3, -0.25) is 9.67 Å². The van der Waals surface area contributed by atoms with Crippen molar-refractivity contribution >= 4 is 23.8 Å². The highest BCUT2D eigenvalue weighted by Gasteiger charge is 2.28. The summed E-state index contributed by atoms with van der Waals surface area (Å²) in [7, 11) is 0. The van der Waals surface area contributed by atoms with Gasteiger partial charge in [-0.05, 0) is 42.8 Å². The molecule has 0 bridgehead atoms. The molecule has 5 heteroatoms. The lowest BCUT2D eigenvalue weighted by Gasteiger charge is -2.06. The van der Waals surface area contributed by atoms with Crippen LogP contribution in [0.1, 0.15) is 30.1 Å². The normalized spacial score (nSPS) is 15.1. The second kappa shape index (κ2) is 4.27. The van der Waals surface area contributed by atoms with Crippen LogP contribution in [0.3, 0.4) is 0 Å². The molecule has 0 unspecified atom stereocenters. The zero-order chi connectivity index (χ0) is 11.8. The molecule has 0 atom stereocenters. The molecule has 1 aromatic heterocycles. The largest absolute Gasteiger partial charge is 0.299 e. The number of aromatic amines is 1. The molecule has 0 amide bonds. The molecule has 3 rings (SSSR count). The van der Waals surface area contributed by atoms with Crippen LogP contribution in [0.4, 0.5) is 0 Å². The van der Waals surface area contributed by atoms with Gasteiger partial charge >= 0.3 is 0 Å². The minimum absolute atomic E-state index is 0.593. The fraction of sp³-hybridized carbons (Fsp3) is 0.333. The predicted molar refractivity (Wildman–Crippen MR) is 69.9 cm³/mol. The van der Waals surface area contributed by atoms with Crippen LogP contribution in [0.2, 0.25) is 5.02 Å². The van der Waals surface area contributed by atoms with Crippen molar-refractivity contribution < 1.29 is 0 Å². The highest BCUT2D eigenvalue weighted by molar-refractivity contribution is 7.71. The Morgan fingerprint density at radius 1 is 1.35 bits per heavy atom. The summed E-state index contributed by atoms with van der Waals surface area (Å²) in [5.74, 6) is 1.68. The van der Waals surface area contributed by atoms with Gasteiger partial charge in [0, 0.05) is 10.9 Å². The monoisotopic (exact) mass is 265 g/mol. The van der Waals surface area contributed by atoms with Crippen molar-refractivity contribution in [1.29, 1.82) is 0 Å². The fourth-order valence-electron chi connectivity index (χ4n) is 1.91. The Kier molecular flexibility index (Phi) is 2.76. The summed E-state index contributed by atoms with van der Waals surface area (Å²) < 4.78 is 2.78. The van der Waals surface area contributed by atoms with Gasteiger partial charge in [0.2, 0.25) is 0 Å². The predicted octanol–water partition coefficient (Wildman–Crippen LogP) is 3.52. The highest BCUT2D eigenvalue weighted by atomic mass is 35.5. The average molecular weight is 266 g/mol. The minimum atomic E-state index is 0.593. The maximum atomic E-state index is 5.87. The molecule has 0 aliphatic heterocycles. The summed E-state index contributed by atoms with van der Waals surface area (Å²) in [5, 5.41) is 7.95. The Labute approximate surface area is 109 Å². The smallest absolute Gasteiger partial charge is 0.195 e. The molecule has 1 saturated carbocycles. The van der Waals surface area contributed by atoms with Gasteiger partial charge < -0.3 is 0 Å². The van der Waals surface area contributed by atoms with Crippen LogP contribution >= 0.6 is 23.8 Å². The highest BCUT2D eigenvalue weighted by Crippen LogP contribution is 2.39. The van der Waals surface area contributed by atoms with Crippen LogP contribution in [0.5, 0.6) is 0 Å². The second-order valence-electron chi connectivity index (χ2n) is 4.37. The van der Waals surface area contributed by atoms with E-state index in [1.165, 1.54) is 18.4 Å². The van der Waals surface area contributed by atoms with E-state index >= 15 is 0 Å². The van der Waals surface area contributed by atoms with Crippen LogP contribution in [0.15, 0.2) is 24.3 Å². The fourth-order valence-corrected chi connectivity index (χ4v) is 2.24. The van der Waals surface area contributed by atoms with Crippen molar-refractivity contribution in [3.8, 4) is 0 Å². The first-order chi connectivity index (χ1) is 8.24. The molecule has 0 spiro atoms. The van der Waals surface area contributed by atoms with E-state index in [0.717, 1.165) is 17.4 Å². The molecule has 0 saturated heterocycles. The molecule has 1 heterocycles. The molecule has 88 valence electrons. The van der Waals surface area contributed by atoms with Gasteiger partial charge in [0.25, 0.3) is 0 Å². The zero-order valence-corrected chi connectivity index (χ0v) is 10.8. The van der Waals surface area contributed by atoms with Crippen molar-refractivity contribution in [1.82, 2.24) is 14.8 Å². The summed E-state index contributed by atoms with van der Waals surface area (Å²) in [4.78, 5) is 0. The van der Waals surface area contributed by atoms with E-state index in [-0.39, 0.29) is 0 Å². The number of hydrogen-bond acceptors (Lipinski definition) is 2. The quantitative estimate of drug-likeness (QED) is 0.862. The van der Waals surface area contributed by atoms with Crippen LogP contribution in [-0.4, -0.2) is 14.8 Å². The molecule has 17 heavy (non-hydrogen) atoms. The van der Waals surface area contributed by atoms with E-state index in [1.807, 2.05) is 24.3 Å². The molecule has 1 aromatic carbocycles. The summed E-state index contributed by atoms with van der Waals surface area (Å²) >= 11 is 11.1. The summed E-state index contributed by atoms with van der Waals surface area (Å²) in [5.41, 5.74) is 1.19. The lowest BCUT2D eigenvalue weighted by atomic mass is 10.2. The van der Waals surface area contributed by atoms with Gasteiger partial charge in [-0.2, -0.15) is 5.10 Å². The molecular weight excluding hydrogens is 254 g/mol. The molecule has 1 fully saturated rings. The molecule has 1 N–H and O–H groups in total. The van der Waals surface area contributed by atoms with E-state index in [2.05, 4.69) is 14.8 Å². The topological polar surface area (TPSA) is 33.6 Å². The Hall–Kier alpha value is -1.13. The number of halogens is 1. The standard InChI is InChI=1S/C12H12ClN3S/c13-10-5-1-8(2-6-10)7-16-11(9-3-4-9)14-15-12(16)17/h1-2,5-6,9H,3-4,7H2,(H,15,17). The van der Waals surface area contributed by atoms with Crippen LogP contribution in [0.25, 0.3) is 0 Å². The van der Waals surface area contributed by atoms with Gasteiger partial charge in [0.05, 0.1) is 6.54 Å². The Balaban J connectivity index is 1.91. The van der Waals surface area contributed by atoms with Crippen molar-refractivity contribution in [2.75, 3.05) is 0 Å². The van der Waals surface area contributed by atoms with Crippen molar-refractivity contribution in [3.05, 3.63) is 45.4 Å². The van der Waals surface area contributed by atoms with Gasteiger partial charge in [-0.1, -0.05) is 23.7 Å². The van der Waals surface area contributed by atoms with Crippen LogP contribution in [0, 0.1) is 4.77 Å². The first kappa shape index (κ1) is 11.0. The first-order valence-corrected chi connectivity index (χ1v) is 6.42. The summed E-state index contributed by atoms with van der Waals surface area (Å²) in [6.07, 6.45) is 2.44. The molecule has 3 nitrogen and oxygen atoms in total. The Bertz CT molecular complexity index is 581. The van der Waals surface area contributed by atoms with Gasteiger partial charge in [-0.15, -0.1) is 0 Å².